The molecular weight excluding hydrogens is 486 g/mol. The summed E-state index contributed by atoms with van der Waals surface area (Å²) in [5, 5.41) is 21.6. The molecule has 0 aromatic rings. The Hall–Kier alpha value is -4.20. The lowest BCUT2D eigenvalue weighted by molar-refractivity contribution is -0.231. The van der Waals surface area contributed by atoms with E-state index in [0.29, 0.717) is 0 Å². The molecule has 2 rings (SSSR count). The summed E-state index contributed by atoms with van der Waals surface area (Å²) in [7, 11) is 0. The summed E-state index contributed by atoms with van der Waals surface area (Å²) in [6.07, 6.45) is -6.20. The molecule has 1 heterocycles. The molecule has 0 saturated heterocycles. The Morgan fingerprint density at radius 2 is 1.56 bits per heavy atom. The number of aliphatic hydroxyl groups excluding tert-OH is 1. The maximum Gasteiger partial charge on any atom is 0.303 e. The van der Waals surface area contributed by atoms with Gasteiger partial charge in [0.25, 0.3) is 0 Å². The minimum atomic E-state index is -1.70. The first kappa shape index (κ1) is 28.0. The van der Waals surface area contributed by atoms with Crippen molar-refractivity contribution in [1.82, 2.24) is 0 Å². The molecule has 0 spiro atoms. The van der Waals surface area contributed by atoms with Gasteiger partial charge in [0, 0.05) is 35.5 Å². The summed E-state index contributed by atoms with van der Waals surface area (Å²) in [5.41, 5.74) is 26.9. The van der Waals surface area contributed by atoms with Gasteiger partial charge in [0.05, 0.1) is 18.2 Å². The molecule has 0 amide bonds. The number of rotatable bonds is 9. The van der Waals surface area contributed by atoms with E-state index in [4.69, 9.17) is 40.3 Å². The average Bonchev–Trinajstić information content (AvgIpc) is 2.79. The highest BCUT2D eigenvalue weighted by Crippen LogP contribution is 2.34. The van der Waals surface area contributed by atoms with E-state index in [0.717, 1.165) is 20.8 Å². The summed E-state index contributed by atoms with van der Waals surface area (Å²) < 4.78 is 26.7. The number of hydrogen-bond acceptors (Lipinski definition) is 12. The van der Waals surface area contributed by atoms with E-state index in [-0.39, 0.29) is 12.2 Å². The van der Waals surface area contributed by atoms with Crippen LogP contribution in [0.1, 0.15) is 27.2 Å². The van der Waals surface area contributed by atoms with E-state index in [1.54, 1.807) is 0 Å². The van der Waals surface area contributed by atoms with Crippen molar-refractivity contribution in [3.63, 3.8) is 0 Å². The number of carbonyl (C=O) groups excluding carboxylic acids is 3. The van der Waals surface area contributed by atoms with Crippen LogP contribution >= 0.6 is 0 Å². The number of aliphatic hydroxyl groups is 1. The second-order valence-corrected chi connectivity index (χ2v) is 7.61. The molecule has 36 heavy (non-hydrogen) atoms. The second-order valence-electron chi connectivity index (χ2n) is 7.61. The third-order valence-corrected chi connectivity index (χ3v) is 5.05. The van der Waals surface area contributed by atoms with Gasteiger partial charge in [-0.15, -0.1) is 0 Å². The molecule has 18 heteroatoms. The largest absolute Gasteiger partial charge is 0.465 e. The van der Waals surface area contributed by atoms with Crippen LogP contribution in [0.15, 0.2) is 27.2 Å². The first-order valence-electron chi connectivity index (χ1n) is 10.4. The molecule has 1 aliphatic heterocycles. The van der Waals surface area contributed by atoms with E-state index in [1.165, 1.54) is 6.08 Å². The average molecular weight is 509 g/mol. The van der Waals surface area contributed by atoms with Gasteiger partial charge in [-0.3, -0.25) is 14.4 Å². The molecule has 1 aliphatic carbocycles. The van der Waals surface area contributed by atoms with E-state index in [9.17, 15) is 19.5 Å². The van der Waals surface area contributed by atoms with E-state index < -0.39 is 73.3 Å². The Labute approximate surface area is 202 Å². The van der Waals surface area contributed by atoms with Gasteiger partial charge in [-0.2, -0.15) is 0 Å². The molecule has 194 valence electrons. The zero-order chi connectivity index (χ0) is 26.8. The van der Waals surface area contributed by atoms with Crippen LogP contribution in [0.2, 0.25) is 0 Å². The molecule has 0 aromatic carbocycles. The third kappa shape index (κ3) is 7.40. The lowest BCUT2D eigenvalue weighted by Gasteiger charge is -2.43. The maximum absolute atomic E-state index is 11.6. The van der Waals surface area contributed by atoms with Crippen LogP contribution in [0, 0.1) is 0 Å². The maximum atomic E-state index is 11.6. The monoisotopic (exact) mass is 509 g/mol. The molecule has 1 saturated carbocycles. The number of carbonyl (C=O) groups is 3. The van der Waals surface area contributed by atoms with Crippen molar-refractivity contribution in [2.75, 3.05) is 6.61 Å². The predicted octanol–water partition coefficient (Wildman–Crippen LogP) is 1.84. The Morgan fingerprint density at radius 1 is 0.972 bits per heavy atom. The summed E-state index contributed by atoms with van der Waals surface area (Å²) >= 11 is 0. The SMILES string of the molecule is CC(=O)OCC1=C[C@H](OC(C)=O)[C@@H](N=[N+]=[N-])[C@@H](O[C@H]2[C@H](O)[C@@H](OC(C)=O)[C@H](N=[N+]=[N-])C[C@@H]2N=[N+]=[N-])O1. The number of ether oxygens (including phenoxy) is 5. The zero-order valence-electron chi connectivity index (χ0n) is 19.3. The number of azide groups is 3. The third-order valence-electron chi connectivity index (χ3n) is 5.05. The Kier molecular flexibility index (Phi) is 10.2. The van der Waals surface area contributed by atoms with Gasteiger partial charge >= 0.3 is 17.9 Å². The van der Waals surface area contributed by atoms with Gasteiger partial charge < -0.3 is 28.8 Å². The van der Waals surface area contributed by atoms with Crippen molar-refractivity contribution in [3.8, 4) is 0 Å². The highest BCUT2D eigenvalue weighted by Gasteiger charge is 2.49. The molecule has 18 nitrogen and oxygen atoms in total. The van der Waals surface area contributed by atoms with Crippen LogP contribution < -0.4 is 0 Å². The molecule has 1 N–H and O–H groups in total. The molecular formula is C18H23N9O9. The summed E-state index contributed by atoms with van der Waals surface area (Å²) in [5.74, 6) is -2.20. The number of nitrogens with zero attached hydrogens (tertiary/aromatic N) is 9. The van der Waals surface area contributed by atoms with Gasteiger partial charge in [-0.05, 0) is 29.1 Å². The van der Waals surface area contributed by atoms with E-state index in [1.807, 2.05) is 0 Å². The highest BCUT2D eigenvalue weighted by molar-refractivity contribution is 5.67. The molecule has 2 aliphatic rings. The topological polar surface area (TPSA) is 264 Å². The van der Waals surface area contributed by atoms with Crippen molar-refractivity contribution >= 4 is 17.9 Å². The summed E-state index contributed by atoms with van der Waals surface area (Å²) in [6.45, 7) is 2.95. The molecule has 0 bridgehead atoms. The molecule has 0 unspecified atom stereocenters. The number of hydrogen-bond donors (Lipinski definition) is 1. The fourth-order valence-electron chi connectivity index (χ4n) is 3.72. The van der Waals surface area contributed by atoms with Gasteiger partial charge in [0.2, 0.25) is 6.29 Å². The summed E-state index contributed by atoms with van der Waals surface area (Å²) in [4.78, 5) is 42.6. The Balaban J connectivity index is 2.45. The smallest absolute Gasteiger partial charge is 0.303 e. The fourth-order valence-corrected chi connectivity index (χ4v) is 3.72. The van der Waals surface area contributed by atoms with Crippen LogP contribution in [0.5, 0.6) is 0 Å². The Bertz CT molecular complexity index is 1030. The molecule has 8 atom stereocenters. The standard InChI is InChI=1S/C18H23N9O9/c1-7(28)32-6-10-4-13(33-8(2)29)14(24-27-21)18(35-10)36-17-12(23-26-20)5-11(22-25-19)16(15(17)31)34-9(3)30/h4,11-18,31H,5-6H2,1-3H3/t11-,12+,13+,14-,15-,16+,17-,18-/m1/s1. The molecule has 0 aromatic heterocycles. The normalized spacial score (nSPS) is 31.1. The number of esters is 3. The van der Waals surface area contributed by atoms with Crippen molar-refractivity contribution in [2.45, 2.75) is 76.0 Å². The second kappa shape index (κ2) is 13.0. The highest BCUT2D eigenvalue weighted by atomic mass is 16.7. The molecule has 1 fully saturated rings. The van der Waals surface area contributed by atoms with Crippen LogP contribution in [0.4, 0.5) is 0 Å². The van der Waals surface area contributed by atoms with Crippen LogP contribution in [-0.4, -0.2) is 78.5 Å². The summed E-state index contributed by atoms with van der Waals surface area (Å²) in [6, 6.07) is -3.59. The quantitative estimate of drug-likeness (QED) is 0.156. The zero-order valence-corrected chi connectivity index (χ0v) is 19.3. The minimum Gasteiger partial charge on any atom is -0.465 e. The lowest BCUT2D eigenvalue weighted by atomic mass is 9.84. The fraction of sp³-hybridized carbons (Fsp3) is 0.722. The van der Waals surface area contributed by atoms with Crippen LogP contribution in [-0.2, 0) is 38.1 Å². The van der Waals surface area contributed by atoms with Crippen LogP contribution in [0.3, 0.4) is 0 Å². The van der Waals surface area contributed by atoms with Crippen molar-refractivity contribution in [1.29, 1.82) is 0 Å². The molecule has 0 radical (unpaired) electrons. The first-order valence-corrected chi connectivity index (χ1v) is 10.4. The van der Waals surface area contributed by atoms with Crippen molar-refractivity contribution in [2.24, 2.45) is 15.3 Å². The van der Waals surface area contributed by atoms with Gasteiger partial charge in [0.15, 0.2) is 0 Å². The minimum absolute atomic E-state index is 0.0278. The Morgan fingerprint density at radius 3 is 2.08 bits per heavy atom. The first-order chi connectivity index (χ1) is 17.1. The van der Waals surface area contributed by atoms with E-state index in [2.05, 4.69) is 30.1 Å². The predicted molar refractivity (Wildman–Crippen MR) is 115 cm³/mol. The van der Waals surface area contributed by atoms with Crippen molar-refractivity contribution < 1.29 is 43.2 Å². The van der Waals surface area contributed by atoms with Crippen molar-refractivity contribution in [3.05, 3.63) is 43.2 Å². The van der Waals surface area contributed by atoms with Gasteiger partial charge in [-0.1, -0.05) is 15.3 Å². The van der Waals surface area contributed by atoms with Gasteiger partial charge in [-0.25, -0.2) is 0 Å². The van der Waals surface area contributed by atoms with E-state index >= 15 is 0 Å². The van der Waals surface area contributed by atoms with Crippen LogP contribution in [0.25, 0.3) is 31.3 Å². The lowest BCUT2D eigenvalue weighted by Crippen LogP contribution is -2.59. The van der Waals surface area contributed by atoms with Gasteiger partial charge in [0.1, 0.15) is 36.7 Å².